The molecular formula is C14H26N4O2S. The Balaban J connectivity index is 2.56. The molecule has 0 saturated heterocycles. The second-order valence-corrected chi connectivity index (χ2v) is 6.63. The highest BCUT2D eigenvalue weighted by Crippen LogP contribution is 2.30. The zero-order valence-corrected chi connectivity index (χ0v) is 14.5. The standard InChI is InChI=1S/C14H26N4O2S/c1-9(2)7-16-12(19)10(3)15-8-11-13(20-6)17-14(21-11)18(4)5/h9-10,15H,7-8H2,1-6H3,(H,16,19). The van der Waals surface area contributed by atoms with Gasteiger partial charge in [-0.05, 0) is 12.8 Å². The van der Waals surface area contributed by atoms with Gasteiger partial charge in [0.15, 0.2) is 5.13 Å². The number of hydrogen-bond donors (Lipinski definition) is 2. The number of thiazole rings is 1. The van der Waals surface area contributed by atoms with Gasteiger partial charge in [0.25, 0.3) is 0 Å². The molecule has 0 bridgehead atoms. The molecule has 120 valence electrons. The molecule has 0 aliphatic carbocycles. The van der Waals surface area contributed by atoms with Crippen molar-refractivity contribution in [1.82, 2.24) is 15.6 Å². The SMILES string of the molecule is COc1nc(N(C)C)sc1CNC(C)C(=O)NCC(C)C. The minimum absolute atomic E-state index is 0.0139. The number of anilines is 1. The summed E-state index contributed by atoms with van der Waals surface area (Å²) in [4.78, 5) is 19.2. The second kappa shape index (κ2) is 8.19. The summed E-state index contributed by atoms with van der Waals surface area (Å²) in [6, 6.07) is -0.252. The molecule has 0 radical (unpaired) electrons. The maximum Gasteiger partial charge on any atom is 0.236 e. The molecule has 1 atom stereocenters. The smallest absolute Gasteiger partial charge is 0.236 e. The predicted molar refractivity (Wildman–Crippen MR) is 87.1 cm³/mol. The molecule has 1 heterocycles. The van der Waals surface area contributed by atoms with Crippen LogP contribution in [-0.2, 0) is 11.3 Å². The van der Waals surface area contributed by atoms with Crippen molar-refractivity contribution < 1.29 is 9.53 Å². The van der Waals surface area contributed by atoms with Crippen LogP contribution < -0.4 is 20.3 Å². The quantitative estimate of drug-likeness (QED) is 0.760. The Bertz CT molecular complexity index is 460. The average molecular weight is 314 g/mol. The summed E-state index contributed by atoms with van der Waals surface area (Å²) in [5, 5.41) is 7.02. The number of nitrogens with one attached hydrogen (secondary N) is 2. The van der Waals surface area contributed by atoms with Gasteiger partial charge in [-0.2, -0.15) is 4.98 Å². The van der Waals surface area contributed by atoms with E-state index in [-0.39, 0.29) is 11.9 Å². The molecule has 0 spiro atoms. The van der Waals surface area contributed by atoms with Crippen LogP contribution >= 0.6 is 11.3 Å². The first-order valence-corrected chi connectivity index (χ1v) is 7.88. The molecule has 0 aliphatic heterocycles. The number of nitrogens with zero attached hydrogens (tertiary/aromatic N) is 2. The molecule has 1 amide bonds. The number of amides is 1. The van der Waals surface area contributed by atoms with E-state index in [1.165, 1.54) is 0 Å². The molecule has 6 nitrogen and oxygen atoms in total. The van der Waals surface area contributed by atoms with Gasteiger partial charge in [0.2, 0.25) is 11.8 Å². The van der Waals surface area contributed by atoms with E-state index in [0.717, 1.165) is 10.0 Å². The highest BCUT2D eigenvalue weighted by molar-refractivity contribution is 7.15. The number of methoxy groups -OCH3 is 1. The Morgan fingerprint density at radius 1 is 1.38 bits per heavy atom. The zero-order valence-electron chi connectivity index (χ0n) is 13.7. The van der Waals surface area contributed by atoms with Gasteiger partial charge in [0.05, 0.1) is 18.0 Å². The molecule has 0 aliphatic rings. The van der Waals surface area contributed by atoms with Gasteiger partial charge in [-0.25, -0.2) is 0 Å². The van der Waals surface area contributed by atoms with E-state index in [0.29, 0.717) is 24.9 Å². The normalized spacial score (nSPS) is 12.3. The molecule has 1 unspecified atom stereocenters. The van der Waals surface area contributed by atoms with Crippen LogP contribution in [0.2, 0.25) is 0 Å². The number of carbonyl (C=O) groups is 1. The lowest BCUT2D eigenvalue weighted by molar-refractivity contribution is -0.122. The summed E-state index contributed by atoms with van der Waals surface area (Å²) in [5.41, 5.74) is 0. The first-order chi connectivity index (χ1) is 9.85. The van der Waals surface area contributed by atoms with Crippen molar-refractivity contribution in [1.29, 1.82) is 0 Å². The Labute approximate surface area is 130 Å². The fourth-order valence-corrected chi connectivity index (χ4v) is 2.49. The zero-order chi connectivity index (χ0) is 16.0. The Morgan fingerprint density at radius 2 is 2.05 bits per heavy atom. The van der Waals surface area contributed by atoms with Crippen LogP contribution in [0.1, 0.15) is 25.6 Å². The van der Waals surface area contributed by atoms with Crippen molar-refractivity contribution >= 4 is 22.4 Å². The largest absolute Gasteiger partial charge is 0.480 e. The van der Waals surface area contributed by atoms with Gasteiger partial charge < -0.3 is 20.3 Å². The lowest BCUT2D eigenvalue weighted by Crippen LogP contribution is -2.42. The topological polar surface area (TPSA) is 66.5 Å². The fourth-order valence-electron chi connectivity index (χ4n) is 1.58. The van der Waals surface area contributed by atoms with Crippen LogP contribution in [0.25, 0.3) is 0 Å². The maximum atomic E-state index is 11.9. The van der Waals surface area contributed by atoms with Gasteiger partial charge in [-0.1, -0.05) is 25.2 Å². The molecule has 7 heteroatoms. The van der Waals surface area contributed by atoms with Crippen molar-refractivity contribution in [3.63, 3.8) is 0 Å². The minimum Gasteiger partial charge on any atom is -0.480 e. The highest BCUT2D eigenvalue weighted by Gasteiger charge is 2.16. The van der Waals surface area contributed by atoms with Gasteiger partial charge >= 0.3 is 0 Å². The monoisotopic (exact) mass is 314 g/mol. The Morgan fingerprint density at radius 3 is 2.57 bits per heavy atom. The van der Waals surface area contributed by atoms with Crippen LogP contribution in [0.5, 0.6) is 5.88 Å². The maximum absolute atomic E-state index is 11.9. The third-order valence-electron chi connectivity index (χ3n) is 2.87. The summed E-state index contributed by atoms with van der Waals surface area (Å²) >= 11 is 1.56. The lowest BCUT2D eigenvalue weighted by Gasteiger charge is -2.14. The summed E-state index contributed by atoms with van der Waals surface area (Å²) in [6.07, 6.45) is 0. The first-order valence-electron chi connectivity index (χ1n) is 7.07. The van der Waals surface area contributed by atoms with Gasteiger partial charge in [0.1, 0.15) is 0 Å². The molecule has 1 rings (SSSR count). The van der Waals surface area contributed by atoms with Crippen LogP contribution in [0, 0.1) is 5.92 Å². The van der Waals surface area contributed by atoms with Gasteiger partial charge in [-0.3, -0.25) is 4.79 Å². The van der Waals surface area contributed by atoms with E-state index in [4.69, 9.17) is 4.74 Å². The van der Waals surface area contributed by atoms with Crippen molar-refractivity contribution in [2.45, 2.75) is 33.4 Å². The van der Waals surface area contributed by atoms with E-state index in [1.807, 2.05) is 25.9 Å². The highest BCUT2D eigenvalue weighted by atomic mass is 32.1. The van der Waals surface area contributed by atoms with E-state index < -0.39 is 0 Å². The van der Waals surface area contributed by atoms with E-state index >= 15 is 0 Å². The number of carbonyl (C=O) groups excluding carboxylic acids is 1. The molecule has 1 aromatic rings. The van der Waals surface area contributed by atoms with Crippen molar-refractivity contribution in [2.75, 3.05) is 32.6 Å². The molecule has 0 aromatic carbocycles. The molecule has 0 fully saturated rings. The summed E-state index contributed by atoms with van der Waals surface area (Å²) in [6.45, 7) is 7.26. The first kappa shape index (κ1) is 17.7. The van der Waals surface area contributed by atoms with E-state index in [1.54, 1.807) is 18.4 Å². The molecule has 1 aromatic heterocycles. The average Bonchev–Trinajstić information content (AvgIpc) is 2.85. The van der Waals surface area contributed by atoms with Crippen molar-refractivity contribution in [3.8, 4) is 5.88 Å². The second-order valence-electron chi connectivity index (χ2n) is 5.56. The van der Waals surface area contributed by atoms with Crippen LogP contribution in [0.15, 0.2) is 0 Å². The van der Waals surface area contributed by atoms with Crippen molar-refractivity contribution in [3.05, 3.63) is 4.88 Å². The molecule has 21 heavy (non-hydrogen) atoms. The summed E-state index contributed by atoms with van der Waals surface area (Å²) in [7, 11) is 5.49. The predicted octanol–water partition coefficient (Wildman–Crippen LogP) is 1.47. The Hall–Kier alpha value is -1.34. The van der Waals surface area contributed by atoms with Crippen LogP contribution in [0.4, 0.5) is 5.13 Å². The molecular weight excluding hydrogens is 288 g/mol. The van der Waals surface area contributed by atoms with E-state index in [9.17, 15) is 4.79 Å². The molecule has 0 saturated carbocycles. The number of aromatic nitrogens is 1. The lowest BCUT2D eigenvalue weighted by atomic mass is 10.2. The van der Waals surface area contributed by atoms with Crippen molar-refractivity contribution in [2.24, 2.45) is 5.92 Å². The van der Waals surface area contributed by atoms with E-state index in [2.05, 4.69) is 29.5 Å². The van der Waals surface area contributed by atoms with Gasteiger partial charge in [0, 0.05) is 27.2 Å². The van der Waals surface area contributed by atoms with Gasteiger partial charge in [-0.15, -0.1) is 0 Å². The van der Waals surface area contributed by atoms with Crippen LogP contribution in [-0.4, -0.2) is 44.7 Å². The van der Waals surface area contributed by atoms with Crippen LogP contribution in [0.3, 0.4) is 0 Å². The number of hydrogen-bond acceptors (Lipinski definition) is 6. The Kier molecular flexibility index (Phi) is 6.91. The summed E-state index contributed by atoms with van der Waals surface area (Å²) < 4.78 is 5.28. The minimum atomic E-state index is -0.252. The number of rotatable bonds is 8. The molecule has 2 N–H and O–H groups in total. The third-order valence-corrected chi connectivity index (χ3v) is 4.08. The third kappa shape index (κ3) is 5.51. The summed E-state index contributed by atoms with van der Waals surface area (Å²) in [5.74, 6) is 1.08. The number of ether oxygens (including phenoxy) is 1. The fraction of sp³-hybridized carbons (Fsp3) is 0.714.